The van der Waals surface area contributed by atoms with E-state index in [1.54, 1.807) is 0 Å². The zero-order valence-electron chi connectivity index (χ0n) is 55.9. The van der Waals surface area contributed by atoms with Crippen LogP contribution >= 0.6 is 0 Å². The Morgan fingerprint density at radius 1 is 0.210 bits per heavy atom. The maximum absolute atomic E-state index is 6.59. The third-order valence-corrected chi connectivity index (χ3v) is 16.2. The van der Waals surface area contributed by atoms with Crippen LogP contribution in [0.15, 0.2) is 24.3 Å². The molecule has 7 heteroatoms. The summed E-state index contributed by atoms with van der Waals surface area (Å²) in [6, 6.07) is 0. The first-order chi connectivity index (χ1) is 40.1. The van der Waals surface area contributed by atoms with E-state index in [4.69, 9.17) is 33.2 Å². The largest absolute Gasteiger partial charge is 0.353 e. The molecule has 0 rings (SSSR count). The predicted molar refractivity (Wildman–Crippen MR) is 354 cm³/mol. The fourth-order valence-corrected chi connectivity index (χ4v) is 10.7. The van der Waals surface area contributed by atoms with Crippen LogP contribution in [0.25, 0.3) is 0 Å². The number of rotatable bonds is 72. The molecule has 2 unspecified atom stereocenters. The minimum atomic E-state index is -0.376. The lowest BCUT2D eigenvalue weighted by Crippen LogP contribution is -2.25. The molecule has 0 spiro atoms. The predicted octanol–water partition coefficient (Wildman–Crippen LogP) is 24.7. The molecule has 2 atom stereocenters. The van der Waals surface area contributed by atoms with Crippen LogP contribution in [-0.4, -0.2) is 64.8 Å². The van der Waals surface area contributed by atoms with Gasteiger partial charge in [0.25, 0.3) is 0 Å². The van der Waals surface area contributed by atoms with Crippen molar-refractivity contribution in [1.82, 2.24) is 0 Å². The highest BCUT2D eigenvalue weighted by Gasteiger charge is 2.15. The number of allylic oxidation sites excluding steroid dienone is 2. The van der Waals surface area contributed by atoms with Gasteiger partial charge in [-0.05, 0) is 102 Å². The van der Waals surface area contributed by atoms with Crippen LogP contribution in [0.4, 0.5) is 0 Å². The van der Waals surface area contributed by atoms with Crippen molar-refractivity contribution in [3.63, 3.8) is 0 Å². The average Bonchev–Trinajstić information content (AvgIpc) is 3.47. The third-order valence-electron chi connectivity index (χ3n) is 16.2. The molecule has 0 aliphatic carbocycles. The summed E-state index contributed by atoms with van der Waals surface area (Å²) in [5, 5.41) is 0. The van der Waals surface area contributed by atoms with Gasteiger partial charge in [-0.1, -0.05) is 311 Å². The number of hydrogen-bond acceptors (Lipinski definition) is 7. The zero-order chi connectivity index (χ0) is 58.5. The van der Waals surface area contributed by atoms with Crippen molar-refractivity contribution in [1.29, 1.82) is 0 Å². The Labute approximate surface area is 508 Å². The summed E-state index contributed by atoms with van der Waals surface area (Å²) in [5.41, 5.74) is 0. The van der Waals surface area contributed by atoms with Crippen molar-refractivity contribution >= 4 is 0 Å². The van der Waals surface area contributed by atoms with Gasteiger partial charge >= 0.3 is 0 Å². The highest BCUT2D eigenvalue weighted by atomic mass is 16.8. The minimum Gasteiger partial charge on any atom is -0.353 e. The second-order valence-electron chi connectivity index (χ2n) is 24.5. The number of hydrogen-bond donors (Lipinski definition) is 0. The van der Waals surface area contributed by atoms with E-state index in [9.17, 15) is 0 Å². The lowest BCUT2D eigenvalue weighted by molar-refractivity contribution is -0.208. The maximum atomic E-state index is 6.59. The van der Waals surface area contributed by atoms with Crippen molar-refractivity contribution in [3.05, 3.63) is 24.3 Å². The van der Waals surface area contributed by atoms with Gasteiger partial charge in [-0.3, -0.25) is 0 Å². The van der Waals surface area contributed by atoms with E-state index in [1.165, 1.54) is 308 Å². The maximum Gasteiger partial charge on any atom is 0.180 e. The Hall–Kier alpha value is -0.800. The molecule has 0 aliphatic heterocycles. The Morgan fingerprint density at radius 3 is 0.667 bits per heavy atom. The van der Waals surface area contributed by atoms with E-state index >= 15 is 0 Å². The fourth-order valence-electron chi connectivity index (χ4n) is 10.7. The Kier molecular flexibility index (Phi) is 71.0. The van der Waals surface area contributed by atoms with Gasteiger partial charge in [0.1, 0.15) is 0 Å². The van der Waals surface area contributed by atoms with Crippen molar-refractivity contribution in [2.75, 3.05) is 39.6 Å². The van der Waals surface area contributed by atoms with E-state index in [0.717, 1.165) is 78.2 Å². The molecule has 484 valence electrons. The van der Waals surface area contributed by atoms with Gasteiger partial charge in [-0.25, -0.2) is 0 Å². The molecule has 7 nitrogen and oxygen atoms in total. The molecule has 0 fully saturated rings. The van der Waals surface area contributed by atoms with Crippen molar-refractivity contribution < 1.29 is 33.2 Å². The fraction of sp³-hybridized carbons (Fsp3) is 0.946. The van der Waals surface area contributed by atoms with Crippen LogP contribution in [0.2, 0.25) is 0 Å². The molecular formula is C74H146O7. The van der Waals surface area contributed by atoms with E-state index in [0.29, 0.717) is 0 Å². The monoisotopic (exact) mass is 1150 g/mol. The molecule has 0 N–H and O–H groups in total. The third kappa shape index (κ3) is 65.0. The molecular weight excluding hydrogens is 1000 g/mol. The van der Waals surface area contributed by atoms with Crippen LogP contribution in [0.5, 0.6) is 0 Å². The normalized spacial score (nSPS) is 12.9. The summed E-state index contributed by atoms with van der Waals surface area (Å²) in [5.74, 6) is 0. The van der Waals surface area contributed by atoms with E-state index in [2.05, 4.69) is 65.8 Å². The Morgan fingerprint density at radius 2 is 0.407 bits per heavy atom. The molecule has 0 aromatic carbocycles. The summed E-state index contributed by atoms with van der Waals surface area (Å²) < 4.78 is 44.5. The van der Waals surface area contributed by atoms with Gasteiger partial charge < -0.3 is 33.2 Å². The molecule has 0 saturated carbocycles. The second kappa shape index (κ2) is 71.7. The van der Waals surface area contributed by atoms with Crippen LogP contribution in [0, 0.1) is 0 Å². The zero-order valence-corrected chi connectivity index (χ0v) is 55.9. The quantitative estimate of drug-likeness (QED) is 0.0342. The molecule has 0 saturated heterocycles. The summed E-state index contributed by atoms with van der Waals surface area (Å²) >= 11 is 0. The molecule has 0 bridgehead atoms. The van der Waals surface area contributed by atoms with Gasteiger partial charge in [0.05, 0.1) is 13.2 Å². The molecule has 81 heavy (non-hydrogen) atoms. The van der Waals surface area contributed by atoms with Gasteiger partial charge in [0.15, 0.2) is 25.2 Å². The SMILES string of the molecule is CCCCCCCCOC(CCCCCCCCCCCC=CC(OCCCCCC)OC(C=CCCCCCCCCCCCC(OCCCCCCCC)OCCCCCCCC)OCCCCCC)OCCCCCCCC. The molecule has 0 amide bonds. The van der Waals surface area contributed by atoms with Gasteiger partial charge in [-0.2, -0.15) is 0 Å². The highest BCUT2D eigenvalue weighted by molar-refractivity contribution is 4.90. The first-order valence-corrected chi connectivity index (χ1v) is 36.8. The van der Waals surface area contributed by atoms with E-state index in [1.807, 2.05) is 0 Å². The summed E-state index contributed by atoms with van der Waals surface area (Å²) in [6.45, 7) is 18.6. The van der Waals surface area contributed by atoms with Gasteiger partial charge in [-0.15, -0.1) is 0 Å². The minimum absolute atomic E-state index is 0.00571. The van der Waals surface area contributed by atoms with Crippen LogP contribution in [0.1, 0.15) is 388 Å². The molecule has 0 heterocycles. The summed E-state index contributed by atoms with van der Waals surface area (Å²) in [6.07, 6.45) is 76.7. The second-order valence-corrected chi connectivity index (χ2v) is 24.5. The lowest BCUT2D eigenvalue weighted by atomic mass is 10.1. The molecule has 0 radical (unpaired) electrons. The molecule has 0 aromatic rings. The number of unbranched alkanes of at least 4 members (excludes halogenated alkanes) is 44. The van der Waals surface area contributed by atoms with Crippen molar-refractivity contribution in [2.24, 2.45) is 0 Å². The average molecular weight is 1150 g/mol. The first kappa shape index (κ1) is 80.2. The van der Waals surface area contributed by atoms with Crippen LogP contribution < -0.4 is 0 Å². The van der Waals surface area contributed by atoms with Crippen LogP contribution in [-0.2, 0) is 33.2 Å². The smallest absolute Gasteiger partial charge is 0.180 e. The Balaban J connectivity index is 4.70. The molecule has 0 aromatic heterocycles. The topological polar surface area (TPSA) is 64.6 Å². The van der Waals surface area contributed by atoms with E-state index < -0.39 is 0 Å². The van der Waals surface area contributed by atoms with Crippen LogP contribution in [0.3, 0.4) is 0 Å². The Bertz CT molecular complexity index is 1060. The van der Waals surface area contributed by atoms with Crippen molar-refractivity contribution in [3.8, 4) is 0 Å². The highest BCUT2D eigenvalue weighted by Crippen LogP contribution is 2.19. The lowest BCUT2D eigenvalue weighted by Gasteiger charge is -2.22. The first-order valence-electron chi connectivity index (χ1n) is 36.8. The van der Waals surface area contributed by atoms with Gasteiger partial charge in [0, 0.05) is 26.4 Å². The standard InChI is InChI=1S/C74H146O7/c1-7-13-19-25-47-57-65-75-71(76-66-58-48-26-20-14-8-2)61-51-43-39-35-31-29-33-37-41-45-53-63-73(79-69-55-23-17-11-5)81-74(80-70-56-24-18-12-6)64-54-46-42-38-34-30-32-36-40-44-52-62-72(77-67-59-49-27-21-15-9-3)78-68-60-50-28-22-16-10-4/h53-54,63-64,71-74H,7-52,55-62,65-70H2,1-6H3. The van der Waals surface area contributed by atoms with E-state index in [-0.39, 0.29) is 25.2 Å². The summed E-state index contributed by atoms with van der Waals surface area (Å²) in [7, 11) is 0. The van der Waals surface area contributed by atoms with Gasteiger partial charge in [0.2, 0.25) is 0 Å². The number of ether oxygens (including phenoxy) is 7. The molecule has 0 aliphatic rings. The van der Waals surface area contributed by atoms with Crippen molar-refractivity contribution in [2.45, 2.75) is 413 Å². The summed E-state index contributed by atoms with van der Waals surface area (Å²) in [4.78, 5) is 0.